The van der Waals surface area contributed by atoms with Crippen LogP contribution in [0.3, 0.4) is 0 Å². The Morgan fingerprint density at radius 1 is 1.20 bits per heavy atom. The van der Waals surface area contributed by atoms with Gasteiger partial charge in [-0.1, -0.05) is 30.3 Å². The molecule has 2 aromatic carbocycles. The fraction of sp³-hybridized carbons (Fsp3) is 0.222. The van der Waals surface area contributed by atoms with Crippen LogP contribution in [0.5, 0.6) is 0 Å². The first-order chi connectivity index (χ1) is 19.5. The van der Waals surface area contributed by atoms with Crippen molar-refractivity contribution in [1.82, 2.24) is 24.6 Å². The van der Waals surface area contributed by atoms with Crippen LogP contribution in [0.1, 0.15) is 21.7 Å². The standard InChI is InChI=1S/C27H22F4N6O4/c1-36-8-7-21(35-36)17-9-18(20(28)10-19(17)27(29,30)31)25(39)33-22-11-32-23(13-37-12-16(14-38)41-26(37)40)34-24(22)15-5-3-2-4-6-15/h2-11,16,38H,12-14H2,1H3,(H,33,39)/t16-/m0/s1. The van der Waals surface area contributed by atoms with Crippen LogP contribution < -0.4 is 5.32 Å². The number of nitrogens with zero attached hydrogens (tertiary/aromatic N) is 5. The third-order valence-corrected chi connectivity index (χ3v) is 6.27. The Hall–Kier alpha value is -4.85. The molecule has 0 aliphatic carbocycles. The fourth-order valence-corrected chi connectivity index (χ4v) is 4.31. The quantitative estimate of drug-likeness (QED) is 0.318. The molecule has 0 saturated carbocycles. The van der Waals surface area contributed by atoms with Crippen molar-refractivity contribution in [1.29, 1.82) is 0 Å². The molecular formula is C27H22F4N6O4. The maximum Gasteiger partial charge on any atom is 0.417 e. The highest BCUT2D eigenvalue weighted by atomic mass is 19.4. The summed E-state index contributed by atoms with van der Waals surface area (Å²) in [7, 11) is 1.51. The lowest BCUT2D eigenvalue weighted by Crippen LogP contribution is -2.26. The van der Waals surface area contributed by atoms with Crippen LogP contribution in [0.4, 0.5) is 28.0 Å². The minimum Gasteiger partial charge on any atom is -0.442 e. The normalized spacial score (nSPS) is 15.2. The van der Waals surface area contributed by atoms with E-state index in [9.17, 15) is 32.3 Å². The SMILES string of the molecule is Cn1ccc(-c2cc(C(=O)Nc3cnc(CN4C[C@@H](CO)OC4=O)nc3-c3ccccc3)c(F)cc2C(F)(F)F)n1. The van der Waals surface area contributed by atoms with Crippen molar-refractivity contribution >= 4 is 17.7 Å². The molecule has 2 aromatic heterocycles. The smallest absolute Gasteiger partial charge is 0.417 e. The average Bonchev–Trinajstić information content (AvgIpc) is 3.54. The van der Waals surface area contributed by atoms with Gasteiger partial charge in [0.1, 0.15) is 17.7 Å². The van der Waals surface area contributed by atoms with Gasteiger partial charge in [-0.15, -0.1) is 0 Å². The predicted molar refractivity (Wildman–Crippen MR) is 137 cm³/mol. The summed E-state index contributed by atoms with van der Waals surface area (Å²) in [5, 5.41) is 15.8. The molecule has 1 aliphatic heterocycles. The molecule has 1 aliphatic rings. The highest BCUT2D eigenvalue weighted by Gasteiger charge is 2.36. The van der Waals surface area contributed by atoms with E-state index in [1.165, 1.54) is 35.1 Å². The van der Waals surface area contributed by atoms with Crippen molar-refractivity contribution in [3.63, 3.8) is 0 Å². The molecule has 1 saturated heterocycles. The number of hydrogen-bond donors (Lipinski definition) is 2. The number of hydrogen-bond acceptors (Lipinski definition) is 7. The number of aromatic nitrogens is 4. The van der Waals surface area contributed by atoms with Gasteiger partial charge in [-0.05, 0) is 18.2 Å². The first-order valence-electron chi connectivity index (χ1n) is 12.2. The van der Waals surface area contributed by atoms with E-state index in [4.69, 9.17) is 4.74 Å². The zero-order valence-electron chi connectivity index (χ0n) is 21.4. The van der Waals surface area contributed by atoms with Gasteiger partial charge in [-0.25, -0.2) is 19.2 Å². The van der Waals surface area contributed by atoms with Crippen molar-refractivity contribution in [3.05, 3.63) is 83.7 Å². The van der Waals surface area contributed by atoms with Gasteiger partial charge in [0.2, 0.25) is 0 Å². The monoisotopic (exact) mass is 570 g/mol. The minimum atomic E-state index is -4.90. The van der Waals surface area contributed by atoms with E-state index in [2.05, 4.69) is 20.4 Å². The van der Waals surface area contributed by atoms with Crippen LogP contribution in [-0.2, 0) is 24.5 Å². The zero-order chi connectivity index (χ0) is 29.3. The first kappa shape index (κ1) is 27.7. The Morgan fingerprint density at radius 3 is 2.59 bits per heavy atom. The van der Waals surface area contributed by atoms with Crippen LogP contribution in [0.15, 0.2) is 60.9 Å². The van der Waals surface area contributed by atoms with E-state index in [0.717, 1.165) is 6.07 Å². The number of aliphatic hydroxyl groups is 1. The third-order valence-electron chi connectivity index (χ3n) is 6.27. The van der Waals surface area contributed by atoms with E-state index >= 15 is 0 Å². The van der Waals surface area contributed by atoms with Crippen molar-refractivity contribution < 1.29 is 37.0 Å². The Kier molecular flexibility index (Phi) is 7.41. The molecule has 10 nitrogen and oxygen atoms in total. The summed E-state index contributed by atoms with van der Waals surface area (Å²) in [6.45, 7) is -0.264. The van der Waals surface area contributed by atoms with Crippen LogP contribution in [-0.4, -0.2) is 61.0 Å². The second-order valence-electron chi connectivity index (χ2n) is 9.19. The molecule has 0 spiro atoms. The summed E-state index contributed by atoms with van der Waals surface area (Å²) in [4.78, 5) is 35.3. The van der Waals surface area contributed by atoms with Gasteiger partial charge < -0.3 is 15.2 Å². The summed E-state index contributed by atoms with van der Waals surface area (Å²) >= 11 is 0. The Labute approximate surface area is 230 Å². The molecule has 0 unspecified atom stereocenters. The number of carbonyl (C=O) groups is 2. The molecule has 14 heteroatoms. The molecule has 4 aromatic rings. The number of benzene rings is 2. The fourth-order valence-electron chi connectivity index (χ4n) is 4.31. The van der Waals surface area contributed by atoms with Crippen molar-refractivity contribution in [3.8, 4) is 22.5 Å². The van der Waals surface area contributed by atoms with E-state index in [0.29, 0.717) is 5.56 Å². The molecule has 5 rings (SSSR count). The summed E-state index contributed by atoms with van der Waals surface area (Å²) in [6.07, 6.45) is -3.53. The summed E-state index contributed by atoms with van der Waals surface area (Å²) in [5.74, 6) is -2.22. The van der Waals surface area contributed by atoms with Gasteiger partial charge in [-0.2, -0.15) is 18.3 Å². The molecule has 1 atom stereocenters. The van der Waals surface area contributed by atoms with Crippen LogP contribution >= 0.6 is 0 Å². The number of alkyl halides is 3. The second-order valence-corrected chi connectivity index (χ2v) is 9.19. The third kappa shape index (κ3) is 5.87. The number of aryl methyl sites for hydroxylation is 1. The number of carbonyl (C=O) groups excluding carboxylic acids is 2. The largest absolute Gasteiger partial charge is 0.442 e. The van der Waals surface area contributed by atoms with E-state index in [-0.39, 0.29) is 48.7 Å². The van der Waals surface area contributed by atoms with Gasteiger partial charge in [0.05, 0.1) is 54.1 Å². The number of cyclic esters (lactones) is 1. The van der Waals surface area contributed by atoms with E-state index in [1.54, 1.807) is 30.3 Å². The lowest BCUT2D eigenvalue weighted by Gasteiger charge is -2.16. The molecule has 0 bridgehead atoms. The molecule has 3 heterocycles. The number of anilines is 1. The molecule has 1 fully saturated rings. The van der Waals surface area contributed by atoms with Gasteiger partial charge >= 0.3 is 12.3 Å². The second kappa shape index (κ2) is 11.0. The maximum atomic E-state index is 15.0. The van der Waals surface area contributed by atoms with Crippen LogP contribution in [0.25, 0.3) is 22.5 Å². The number of amides is 2. The van der Waals surface area contributed by atoms with Crippen molar-refractivity contribution in [2.45, 2.75) is 18.8 Å². The Morgan fingerprint density at radius 2 is 1.95 bits per heavy atom. The van der Waals surface area contributed by atoms with Crippen LogP contribution in [0.2, 0.25) is 0 Å². The van der Waals surface area contributed by atoms with Crippen LogP contribution in [0, 0.1) is 5.82 Å². The average molecular weight is 571 g/mol. The number of nitrogens with one attached hydrogen (secondary N) is 1. The molecule has 2 amide bonds. The number of ether oxygens (including phenoxy) is 1. The lowest BCUT2D eigenvalue weighted by atomic mass is 9.99. The summed E-state index contributed by atoms with van der Waals surface area (Å²) < 4.78 is 62.5. The van der Waals surface area contributed by atoms with Gasteiger partial charge in [0, 0.05) is 24.4 Å². The predicted octanol–water partition coefficient (Wildman–Crippen LogP) is 4.27. The highest BCUT2D eigenvalue weighted by Crippen LogP contribution is 2.38. The molecular weight excluding hydrogens is 548 g/mol. The summed E-state index contributed by atoms with van der Waals surface area (Å²) in [6, 6.07) is 11.0. The van der Waals surface area contributed by atoms with E-state index in [1.807, 2.05) is 0 Å². The van der Waals surface area contributed by atoms with Crippen molar-refractivity contribution in [2.24, 2.45) is 7.05 Å². The van der Waals surface area contributed by atoms with Gasteiger partial charge in [0.15, 0.2) is 0 Å². The van der Waals surface area contributed by atoms with Gasteiger partial charge in [0.25, 0.3) is 5.91 Å². The molecule has 2 N–H and O–H groups in total. The molecule has 41 heavy (non-hydrogen) atoms. The topological polar surface area (TPSA) is 122 Å². The van der Waals surface area contributed by atoms with Crippen molar-refractivity contribution in [2.75, 3.05) is 18.5 Å². The minimum absolute atomic E-state index is 0.0512. The zero-order valence-corrected chi connectivity index (χ0v) is 21.4. The lowest BCUT2D eigenvalue weighted by molar-refractivity contribution is -0.137. The first-order valence-corrected chi connectivity index (χ1v) is 12.2. The molecule has 0 radical (unpaired) electrons. The van der Waals surface area contributed by atoms with Gasteiger partial charge in [-0.3, -0.25) is 14.4 Å². The van der Waals surface area contributed by atoms with E-state index < -0.39 is 46.8 Å². The number of halogens is 4. The Balaban J connectivity index is 1.50. The Bertz CT molecular complexity index is 1610. The molecule has 212 valence electrons. The maximum absolute atomic E-state index is 15.0. The number of rotatable bonds is 7. The summed E-state index contributed by atoms with van der Waals surface area (Å²) in [5.41, 5.74) is -1.63. The number of aliphatic hydroxyl groups excluding tert-OH is 1. The highest BCUT2D eigenvalue weighted by molar-refractivity contribution is 6.06.